The molecule has 0 aliphatic carbocycles. The molecule has 0 radical (unpaired) electrons. The molecule has 0 aromatic heterocycles. The van der Waals surface area contributed by atoms with Gasteiger partial charge in [-0.05, 0) is 29.7 Å². The van der Waals surface area contributed by atoms with Crippen LogP contribution in [-0.4, -0.2) is 6.04 Å². The highest BCUT2D eigenvalue weighted by Gasteiger charge is 1.96. The van der Waals surface area contributed by atoms with Crippen molar-refractivity contribution in [2.45, 2.75) is 25.8 Å². The quantitative estimate of drug-likeness (QED) is 0.822. The molecule has 0 aliphatic rings. The Labute approximate surface area is 115 Å². The number of benzene rings is 2. The summed E-state index contributed by atoms with van der Waals surface area (Å²) < 4.78 is 0. The third-order valence-electron chi connectivity index (χ3n) is 2.99. The zero-order chi connectivity index (χ0) is 13.5. The third-order valence-corrected chi connectivity index (χ3v) is 2.99. The van der Waals surface area contributed by atoms with Gasteiger partial charge >= 0.3 is 0 Å². The second kappa shape index (κ2) is 6.78. The van der Waals surface area contributed by atoms with E-state index in [0.717, 1.165) is 18.4 Å². The van der Waals surface area contributed by atoms with E-state index in [1.807, 2.05) is 30.3 Å². The standard InChI is InChI=1S/C18H19N/c1-2-6-18(19)14-11-15-9-12-17(13-10-15)16-7-4-3-5-8-16/h3-5,7-10,12-13,18H,2,6,19H2,1H3. The van der Waals surface area contributed by atoms with Crippen molar-refractivity contribution in [1.29, 1.82) is 0 Å². The summed E-state index contributed by atoms with van der Waals surface area (Å²) in [6.45, 7) is 2.12. The van der Waals surface area contributed by atoms with Gasteiger partial charge in [0.15, 0.2) is 0 Å². The van der Waals surface area contributed by atoms with Gasteiger partial charge < -0.3 is 5.73 Å². The van der Waals surface area contributed by atoms with Crippen molar-refractivity contribution in [2.75, 3.05) is 0 Å². The van der Waals surface area contributed by atoms with Crippen LogP contribution < -0.4 is 5.73 Å². The average Bonchev–Trinajstić information content (AvgIpc) is 2.47. The van der Waals surface area contributed by atoms with Gasteiger partial charge in [-0.2, -0.15) is 0 Å². The number of nitrogens with two attached hydrogens (primary N) is 1. The average molecular weight is 249 g/mol. The monoisotopic (exact) mass is 249 g/mol. The molecule has 1 atom stereocenters. The third kappa shape index (κ3) is 3.98. The molecule has 0 fully saturated rings. The summed E-state index contributed by atoms with van der Waals surface area (Å²) >= 11 is 0. The predicted octanol–water partition coefficient (Wildman–Crippen LogP) is 3.83. The van der Waals surface area contributed by atoms with Crippen LogP contribution in [0.5, 0.6) is 0 Å². The molecule has 0 saturated carbocycles. The largest absolute Gasteiger partial charge is 0.318 e. The molecule has 1 heteroatoms. The van der Waals surface area contributed by atoms with Crippen molar-refractivity contribution in [3.63, 3.8) is 0 Å². The molecule has 0 amide bonds. The Morgan fingerprint density at radius 1 is 0.947 bits per heavy atom. The summed E-state index contributed by atoms with van der Waals surface area (Å²) in [6.07, 6.45) is 2.03. The van der Waals surface area contributed by atoms with Crippen molar-refractivity contribution in [3.8, 4) is 23.0 Å². The van der Waals surface area contributed by atoms with E-state index in [2.05, 4.69) is 43.0 Å². The number of rotatable bonds is 3. The van der Waals surface area contributed by atoms with E-state index in [-0.39, 0.29) is 6.04 Å². The fourth-order valence-corrected chi connectivity index (χ4v) is 1.94. The van der Waals surface area contributed by atoms with Gasteiger partial charge in [-0.3, -0.25) is 0 Å². The van der Waals surface area contributed by atoms with Gasteiger partial charge in [0.05, 0.1) is 6.04 Å². The van der Waals surface area contributed by atoms with E-state index in [4.69, 9.17) is 5.73 Å². The van der Waals surface area contributed by atoms with Crippen LogP contribution in [0.1, 0.15) is 25.3 Å². The van der Waals surface area contributed by atoms with Gasteiger partial charge in [0.25, 0.3) is 0 Å². The normalized spacial score (nSPS) is 11.5. The fraction of sp³-hybridized carbons (Fsp3) is 0.222. The van der Waals surface area contributed by atoms with E-state index in [1.54, 1.807) is 0 Å². The van der Waals surface area contributed by atoms with Crippen LogP contribution in [0.15, 0.2) is 54.6 Å². The van der Waals surface area contributed by atoms with Crippen LogP contribution in [0.3, 0.4) is 0 Å². The molecule has 0 spiro atoms. The van der Waals surface area contributed by atoms with Gasteiger partial charge in [0.1, 0.15) is 0 Å². The molecule has 96 valence electrons. The Morgan fingerprint density at radius 2 is 1.58 bits per heavy atom. The minimum atomic E-state index is -0.0150. The van der Waals surface area contributed by atoms with Crippen molar-refractivity contribution in [2.24, 2.45) is 5.73 Å². The molecule has 0 saturated heterocycles. The van der Waals surface area contributed by atoms with Crippen molar-refractivity contribution in [3.05, 3.63) is 60.2 Å². The summed E-state index contributed by atoms with van der Waals surface area (Å²) in [7, 11) is 0. The first kappa shape index (κ1) is 13.4. The zero-order valence-corrected chi connectivity index (χ0v) is 11.3. The highest BCUT2D eigenvalue weighted by Crippen LogP contribution is 2.18. The SMILES string of the molecule is CCCC(N)C#Cc1ccc(-c2ccccc2)cc1. The minimum Gasteiger partial charge on any atom is -0.318 e. The smallest absolute Gasteiger partial charge is 0.0668 e. The lowest BCUT2D eigenvalue weighted by Gasteiger charge is -2.01. The van der Waals surface area contributed by atoms with Crippen LogP contribution in [-0.2, 0) is 0 Å². The van der Waals surface area contributed by atoms with E-state index in [0.29, 0.717) is 0 Å². The van der Waals surface area contributed by atoms with Gasteiger partial charge in [0, 0.05) is 5.56 Å². The topological polar surface area (TPSA) is 26.0 Å². The molecule has 0 heterocycles. The summed E-state index contributed by atoms with van der Waals surface area (Å²) in [4.78, 5) is 0. The van der Waals surface area contributed by atoms with Gasteiger partial charge in [-0.1, -0.05) is 67.6 Å². The van der Waals surface area contributed by atoms with E-state index >= 15 is 0 Å². The van der Waals surface area contributed by atoms with Crippen molar-refractivity contribution < 1.29 is 0 Å². The van der Waals surface area contributed by atoms with Gasteiger partial charge in [-0.25, -0.2) is 0 Å². The molecular formula is C18H19N. The van der Waals surface area contributed by atoms with Crippen molar-refractivity contribution in [1.82, 2.24) is 0 Å². The van der Waals surface area contributed by atoms with E-state index in [9.17, 15) is 0 Å². The summed E-state index contributed by atoms with van der Waals surface area (Å²) in [6, 6.07) is 18.6. The minimum absolute atomic E-state index is 0.0150. The molecule has 1 unspecified atom stereocenters. The lowest BCUT2D eigenvalue weighted by molar-refractivity contribution is 0.720. The molecular weight excluding hydrogens is 230 g/mol. The second-order valence-electron chi connectivity index (χ2n) is 4.61. The molecule has 2 aromatic carbocycles. The Balaban J connectivity index is 2.11. The second-order valence-corrected chi connectivity index (χ2v) is 4.61. The Kier molecular flexibility index (Phi) is 4.78. The summed E-state index contributed by atoms with van der Waals surface area (Å²) in [5.74, 6) is 6.22. The summed E-state index contributed by atoms with van der Waals surface area (Å²) in [5.41, 5.74) is 9.34. The molecule has 2 rings (SSSR count). The maximum atomic E-state index is 5.88. The predicted molar refractivity (Wildman–Crippen MR) is 81.6 cm³/mol. The Hall–Kier alpha value is -2.04. The molecule has 2 N–H and O–H groups in total. The van der Waals surface area contributed by atoms with Crippen LogP contribution >= 0.6 is 0 Å². The van der Waals surface area contributed by atoms with Gasteiger partial charge in [-0.15, -0.1) is 0 Å². The van der Waals surface area contributed by atoms with Crippen molar-refractivity contribution >= 4 is 0 Å². The van der Waals surface area contributed by atoms with Crippen LogP contribution in [0.4, 0.5) is 0 Å². The van der Waals surface area contributed by atoms with Crippen LogP contribution in [0.2, 0.25) is 0 Å². The first-order valence-electron chi connectivity index (χ1n) is 6.72. The molecule has 0 aliphatic heterocycles. The zero-order valence-electron chi connectivity index (χ0n) is 11.3. The van der Waals surface area contributed by atoms with E-state index < -0.39 is 0 Å². The molecule has 1 nitrogen and oxygen atoms in total. The molecule has 0 bridgehead atoms. The number of hydrogen-bond acceptors (Lipinski definition) is 1. The maximum Gasteiger partial charge on any atom is 0.0668 e. The highest BCUT2D eigenvalue weighted by atomic mass is 14.6. The first-order valence-corrected chi connectivity index (χ1v) is 6.72. The van der Waals surface area contributed by atoms with Crippen LogP contribution in [0.25, 0.3) is 11.1 Å². The highest BCUT2D eigenvalue weighted by molar-refractivity contribution is 5.64. The fourth-order valence-electron chi connectivity index (χ4n) is 1.94. The molecule has 19 heavy (non-hydrogen) atoms. The Morgan fingerprint density at radius 3 is 2.21 bits per heavy atom. The lowest BCUT2D eigenvalue weighted by atomic mass is 10.0. The maximum absolute atomic E-state index is 5.88. The van der Waals surface area contributed by atoms with Crippen LogP contribution in [0, 0.1) is 11.8 Å². The first-order chi connectivity index (χ1) is 9.29. The van der Waals surface area contributed by atoms with Gasteiger partial charge in [0.2, 0.25) is 0 Å². The van der Waals surface area contributed by atoms with E-state index in [1.165, 1.54) is 11.1 Å². The summed E-state index contributed by atoms with van der Waals surface area (Å²) in [5, 5.41) is 0. The molecule has 2 aromatic rings. The lowest BCUT2D eigenvalue weighted by Crippen LogP contribution is -2.16. The Bertz CT molecular complexity index is 558. The number of hydrogen-bond donors (Lipinski definition) is 1.